The minimum atomic E-state index is 0.496. The van der Waals surface area contributed by atoms with E-state index in [4.69, 9.17) is 0 Å². The minimum Gasteiger partial charge on any atom is -0.346 e. The molecule has 0 amide bonds. The first-order valence-corrected chi connectivity index (χ1v) is 10.1. The summed E-state index contributed by atoms with van der Waals surface area (Å²) >= 11 is 1.63. The molecular weight excluding hydrogens is 355 g/mol. The maximum atomic E-state index is 3.25. The Labute approximate surface area is 157 Å². The van der Waals surface area contributed by atoms with Crippen LogP contribution in [0.4, 0.5) is 0 Å². The van der Waals surface area contributed by atoms with Gasteiger partial charge in [0.15, 0.2) is 0 Å². The number of hydrogen-bond acceptors (Lipinski definition) is 0. The minimum absolute atomic E-state index is 0.496. The summed E-state index contributed by atoms with van der Waals surface area (Å²) in [5.41, 5.74) is 3.36. The molecule has 0 heterocycles. The van der Waals surface area contributed by atoms with E-state index in [1.165, 1.54) is 32.1 Å². The van der Waals surface area contributed by atoms with Crippen molar-refractivity contribution in [2.24, 2.45) is 11.8 Å². The molecule has 3 rings (SSSR count). The van der Waals surface area contributed by atoms with E-state index >= 15 is 0 Å². The number of rotatable bonds is 4. The van der Waals surface area contributed by atoms with Crippen LogP contribution < -0.4 is 0 Å². The van der Waals surface area contributed by atoms with Crippen LogP contribution >= 0.6 is 0 Å². The van der Waals surface area contributed by atoms with Crippen LogP contribution in [0.3, 0.4) is 0 Å². The average molecular weight is 384 g/mol. The summed E-state index contributed by atoms with van der Waals surface area (Å²) in [5, 5.41) is 0. The predicted octanol–water partition coefficient (Wildman–Crippen LogP) is 5.89. The van der Waals surface area contributed by atoms with Crippen molar-refractivity contribution in [2.45, 2.75) is 46.0 Å². The Morgan fingerprint density at radius 2 is 1.48 bits per heavy atom. The molecule has 0 N–H and O–H groups in total. The van der Waals surface area contributed by atoms with Gasteiger partial charge >= 0.3 is 144 Å². The topological polar surface area (TPSA) is 0 Å². The molecule has 0 aromatic carbocycles. The third kappa shape index (κ3) is 4.44. The molecule has 0 atom stereocenters. The normalized spacial score (nSPS) is 22.6. The van der Waals surface area contributed by atoms with Gasteiger partial charge in [0.2, 0.25) is 0 Å². The van der Waals surface area contributed by atoms with E-state index in [0.717, 1.165) is 0 Å². The van der Waals surface area contributed by atoms with Gasteiger partial charge in [-0.25, -0.2) is 0 Å². The van der Waals surface area contributed by atoms with E-state index in [2.05, 4.69) is 62.5 Å². The molecule has 0 nitrogen and oxygen atoms in total. The van der Waals surface area contributed by atoms with Crippen LogP contribution in [-0.4, -0.2) is 3.21 Å². The quantitative estimate of drug-likeness (QED) is 0.531. The van der Waals surface area contributed by atoms with Crippen LogP contribution in [0.2, 0.25) is 0 Å². The van der Waals surface area contributed by atoms with Crippen molar-refractivity contribution >= 4 is 3.21 Å². The summed E-state index contributed by atoms with van der Waals surface area (Å²) in [6.45, 7) is 7.34. The second-order valence-corrected chi connectivity index (χ2v) is 7.53. The molecule has 0 aromatic heterocycles. The zero-order chi connectivity index (χ0) is 16.7. The van der Waals surface area contributed by atoms with Gasteiger partial charge in [0.05, 0.1) is 0 Å². The van der Waals surface area contributed by atoms with E-state index in [9.17, 15) is 0 Å². The van der Waals surface area contributed by atoms with Crippen molar-refractivity contribution in [2.75, 3.05) is 0 Å². The Morgan fingerprint density at radius 3 is 1.91 bits per heavy atom. The molecule has 0 aliphatic heterocycles. The maximum Gasteiger partial charge on any atom is -0.194 e. The summed E-state index contributed by atoms with van der Waals surface area (Å²) in [4.78, 5) is 0. The fraction of sp³-hybridized carbons (Fsp3) is 0.409. The Morgan fingerprint density at radius 1 is 1.00 bits per heavy atom. The van der Waals surface area contributed by atoms with Gasteiger partial charge in [-0.2, -0.15) is 6.92 Å². The second-order valence-electron chi connectivity index (χ2n) is 6.04. The van der Waals surface area contributed by atoms with E-state index < -0.39 is 0 Å². The van der Waals surface area contributed by atoms with Gasteiger partial charge in [-0.1, -0.05) is 0 Å². The summed E-state index contributed by atoms with van der Waals surface area (Å²) in [6.07, 6.45) is 24.8. The summed E-state index contributed by atoms with van der Waals surface area (Å²) in [6, 6.07) is 0. The smallest absolute Gasteiger partial charge is 0.194 e. The SMILES string of the molecule is CC/C(=C1\CCCC[C]1=[Zr+2])[C-](C1C=CC=C1)C1C=CC=C1.[CH2-]C. The summed E-state index contributed by atoms with van der Waals surface area (Å²) in [7, 11) is 0. The van der Waals surface area contributed by atoms with Gasteiger partial charge in [-0.15, -0.1) is 0 Å². The molecule has 120 valence electrons. The van der Waals surface area contributed by atoms with Crippen molar-refractivity contribution < 1.29 is 24.2 Å². The standard InChI is InChI=1S/C20H23.C2H5.Zr/c1-2-19(16-10-4-3-5-11-16)20(17-12-6-7-13-17)18-14-8-9-15-18;1-2;/h6-9,12-15,17-18H,2-5,10H2,1H3;1H2,2H3;/q2*-1;+2/b19-16-;;. The van der Waals surface area contributed by atoms with Crippen LogP contribution in [-0.2, 0) is 24.2 Å². The Balaban J connectivity index is 0.000000924. The third-order valence-electron chi connectivity index (χ3n) is 4.75. The van der Waals surface area contributed by atoms with Crippen molar-refractivity contribution in [3.63, 3.8) is 0 Å². The third-order valence-corrected chi connectivity index (χ3v) is 6.10. The zero-order valence-corrected chi connectivity index (χ0v) is 17.0. The molecule has 3 aliphatic rings. The van der Waals surface area contributed by atoms with Gasteiger partial charge < -0.3 is 6.92 Å². The first-order chi connectivity index (χ1) is 11.3. The maximum absolute atomic E-state index is 3.25. The molecular formula is C22H28Zr. The van der Waals surface area contributed by atoms with Crippen LogP contribution in [0, 0.1) is 24.7 Å². The van der Waals surface area contributed by atoms with Crippen molar-refractivity contribution in [1.82, 2.24) is 0 Å². The molecule has 23 heavy (non-hydrogen) atoms. The number of hydrogen-bond donors (Lipinski definition) is 0. The van der Waals surface area contributed by atoms with Crippen molar-refractivity contribution in [1.29, 1.82) is 0 Å². The number of allylic oxidation sites excluding steroid dienone is 10. The van der Waals surface area contributed by atoms with Gasteiger partial charge in [-0.05, 0) is 0 Å². The van der Waals surface area contributed by atoms with Gasteiger partial charge in [0.1, 0.15) is 0 Å². The molecule has 0 bridgehead atoms. The predicted molar refractivity (Wildman–Crippen MR) is 98.6 cm³/mol. The Bertz CT molecular complexity index is 505. The van der Waals surface area contributed by atoms with Gasteiger partial charge in [0, 0.05) is 0 Å². The molecule has 1 fully saturated rings. The van der Waals surface area contributed by atoms with E-state index in [1.54, 1.807) is 51.4 Å². The molecule has 0 radical (unpaired) electrons. The Hall–Kier alpha value is -0.677. The summed E-state index contributed by atoms with van der Waals surface area (Å²) in [5.74, 6) is 2.62. The fourth-order valence-electron chi connectivity index (χ4n) is 3.73. The van der Waals surface area contributed by atoms with Gasteiger partial charge in [-0.3, -0.25) is 0 Å². The molecule has 0 saturated heterocycles. The molecule has 1 heteroatoms. The van der Waals surface area contributed by atoms with Crippen LogP contribution in [0.5, 0.6) is 0 Å². The van der Waals surface area contributed by atoms with Crippen molar-refractivity contribution in [3.05, 3.63) is 72.6 Å². The molecule has 3 aliphatic carbocycles. The van der Waals surface area contributed by atoms with Crippen LogP contribution in [0.15, 0.2) is 59.8 Å². The molecule has 0 spiro atoms. The first-order valence-electron chi connectivity index (χ1n) is 8.89. The Kier molecular flexibility index (Phi) is 7.77. The first kappa shape index (κ1) is 18.7. The molecule has 0 aromatic rings. The molecule has 0 unspecified atom stereocenters. The van der Waals surface area contributed by atoms with E-state index in [1.807, 2.05) is 0 Å². The van der Waals surface area contributed by atoms with E-state index in [-0.39, 0.29) is 0 Å². The monoisotopic (exact) mass is 382 g/mol. The zero-order valence-electron chi connectivity index (χ0n) is 14.5. The summed E-state index contributed by atoms with van der Waals surface area (Å²) < 4.78 is 1.72. The van der Waals surface area contributed by atoms with Gasteiger partial charge in [0.25, 0.3) is 0 Å². The molecule has 1 saturated carbocycles. The van der Waals surface area contributed by atoms with Crippen LogP contribution in [0.1, 0.15) is 46.0 Å². The van der Waals surface area contributed by atoms with E-state index in [0.29, 0.717) is 11.8 Å². The largest absolute Gasteiger partial charge is 0.346 e. The van der Waals surface area contributed by atoms with Crippen molar-refractivity contribution in [3.8, 4) is 0 Å². The average Bonchev–Trinajstić information content (AvgIpc) is 3.29. The van der Waals surface area contributed by atoms with Crippen LogP contribution in [0.25, 0.3) is 0 Å². The fourth-order valence-corrected chi connectivity index (χ4v) is 4.85. The second kappa shape index (κ2) is 9.58.